The Hall–Kier alpha value is -1.59. The molecule has 0 saturated heterocycles. The van der Waals surface area contributed by atoms with Crippen LogP contribution >= 0.6 is 12.4 Å². The summed E-state index contributed by atoms with van der Waals surface area (Å²) in [5.41, 5.74) is 0.670. The Morgan fingerprint density at radius 3 is 2.41 bits per heavy atom. The molecule has 0 fully saturated rings. The number of amides is 1. The maximum atomic E-state index is 11.8. The maximum absolute atomic E-state index is 11.8. The zero-order valence-corrected chi connectivity index (χ0v) is 14.2. The number of carbonyl (C=O) groups excluding carboxylic acids is 2. The van der Waals surface area contributed by atoms with Crippen molar-refractivity contribution in [2.75, 3.05) is 33.8 Å². The Balaban J connectivity index is 0.00000441. The van der Waals surface area contributed by atoms with Gasteiger partial charge in [0.25, 0.3) is 0 Å². The molecule has 1 aromatic carbocycles. The topological polar surface area (TPSA) is 58.6 Å². The highest BCUT2D eigenvalue weighted by Crippen LogP contribution is 2.13. The van der Waals surface area contributed by atoms with E-state index in [9.17, 15) is 9.59 Å². The van der Waals surface area contributed by atoms with Gasteiger partial charge in [0.15, 0.2) is 5.78 Å². The molecule has 1 amide bonds. The number of nitrogens with zero attached hydrogens (tertiary/aromatic N) is 1. The summed E-state index contributed by atoms with van der Waals surface area (Å²) in [6.07, 6.45) is 1.16. The first-order chi connectivity index (χ1) is 10.0. The molecule has 0 radical (unpaired) electrons. The Morgan fingerprint density at radius 1 is 1.23 bits per heavy atom. The van der Waals surface area contributed by atoms with Gasteiger partial charge >= 0.3 is 0 Å². The van der Waals surface area contributed by atoms with E-state index in [-0.39, 0.29) is 24.1 Å². The SMILES string of the molecule is CNCCN(C)C(=O)CCCOc1ccc(C(C)=O)cc1.Cl. The van der Waals surface area contributed by atoms with E-state index in [0.29, 0.717) is 31.6 Å². The summed E-state index contributed by atoms with van der Waals surface area (Å²) < 4.78 is 5.56. The lowest BCUT2D eigenvalue weighted by molar-refractivity contribution is -0.130. The smallest absolute Gasteiger partial charge is 0.222 e. The van der Waals surface area contributed by atoms with Crippen molar-refractivity contribution in [3.63, 3.8) is 0 Å². The molecule has 0 aliphatic carbocycles. The van der Waals surface area contributed by atoms with E-state index in [4.69, 9.17) is 4.74 Å². The van der Waals surface area contributed by atoms with Crippen LogP contribution in [0.15, 0.2) is 24.3 Å². The summed E-state index contributed by atoms with van der Waals surface area (Å²) in [4.78, 5) is 24.6. The second kappa shape index (κ2) is 11.0. The van der Waals surface area contributed by atoms with Gasteiger partial charge in [0.05, 0.1) is 6.61 Å². The number of likely N-dealkylation sites (N-methyl/N-ethyl adjacent to an activating group) is 2. The molecule has 0 saturated carbocycles. The maximum Gasteiger partial charge on any atom is 0.222 e. The van der Waals surface area contributed by atoms with Crippen LogP contribution in [0.1, 0.15) is 30.1 Å². The highest BCUT2D eigenvalue weighted by molar-refractivity contribution is 5.94. The van der Waals surface area contributed by atoms with Crippen molar-refractivity contribution in [2.24, 2.45) is 0 Å². The van der Waals surface area contributed by atoms with E-state index in [1.165, 1.54) is 6.92 Å². The van der Waals surface area contributed by atoms with Gasteiger partial charge in [0.1, 0.15) is 5.75 Å². The van der Waals surface area contributed by atoms with Crippen LogP contribution in [-0.2, 0) is 4.79 Å². The van der Waals surface area contributed by atoms with E-state index in [1.54, 1.807) is 36.2 Å². The number of rotatable bonds is 9. The molecule has 6 heteroatoms. The first-order valence-corrected chi connectivity index (χ1v) is 7.17. The molecule has 5 nitrogen and oxygen atoms in total. The lowest BCUT2D eigenvalue weighted by atomic mass is 10.1. The lowest BCUT2D eigenvalue weighted by Crippen LogP contribution is -2.32. The fourth-order valence-electron chi connectivity index (χ4n) is 1.79. The molecule has 124 valence electrons. The van der Waals surface area contributed by atoms with E-state index >= 15 is 0 Å². The predicted molar refractivity (Wildman–Crippen MR) is 90.0 cm³/mol. The number of carbonyl (C=O) groups is 2. The predicted octanol–water partition coefficient (Wildman–Crippen LogP) is 2.15. The highest BCUT2D eigenvalue weighted by Gasteiger charge is 2.07. The highest BCUT2D eigenvalue weighted by atomic mass is 35.5. The quantitative estimate of drug-likeness (QED) is 0.557. The number of ketones is 1. The number of halogens is 1. The molecule has 0 aliphatic heterocycles. The number of Topliss-reactive ketones (excluding diaryl/α,β-unsaturated/α-hetero) is 1. The summed E-state index contributed by atoms with van der Waals surface area (Å²) in [6.45, 7) is 3.53. The summed E-state index contributed by atoms with van der Waals surface area (Å²) in [7, 11) is 3.67. The van der Waals surface area contributed by atoms with Crippen molar-refractivity contribution >= 4 is 24.1 Å². The zero-order valence-electron chi connectivity index (χ0n) is 13.4. The molecule has 0 spiro atoms. The van der Waals surface area contributed by atoms with Gasteiger partial charge in [-0.2, -0.15) is 0 Å². The van der Waals surface area contributed by atoms with Crippen LogP contribution in [-0.4, -0.2) is 50.4 Å². The van der Waals surface area contributed by atoms with Gasteiger partial charge in [0, 0.05) is 32.1 Å². The van der Waals surface area contributed by atoms with Crippen LogP contribution < -0.4 is 10.1 Å². The second-order valence-electron chi connectivity index (χ2n) is 4.95. The van der Waals surface area contributed by atoms with Crippen LogP contribution in [0.25, 0.3) is 0 Å². The van der Waals surface area contributed by atoms with Gasteiger partial charge in [-0.05, 0) is 44.7 Å². The number of ether oxygens (including phenoxy) is 1. The van der Waals surface area contributed by atoms with Crippen molar-refractivity contribution in [1.82, 2.24) is 10.2 Å². The fraction of sp³-hybridized carbons (Fsp3) is 0.500. The van der Waals surface area contributed by atoms with E-state index < -0.39 is 0 Å². The third kappa shape index (κ3) is 7.43. The van der Waals surface area contributed by atoms with Crippen molar-refractivity contribution < 1.29 is 14.3 Å². The Bertz CT molecular complexity index is 463. The Labute approximate surface area is 138 Å². The average molecular weight is 329 g/mol. The molecule has 0 heterocycles. The number of nitrogens with one attached hydrogen (secondary N) is 1. The Morgan fingerprint density at radius 2 is 1.86 bits per heavy atom. The van der Waals surface area contributed by atoms with Crippen LogP contribution in [0, 0.1) is 0 Å². The molecule has 1 N–H and O–H groups in total. The third-order valence-corrected chi connectivity index (χ3v) is 3.19. The van der Waals surface area contributed by atoms with Crippen molar-refractivity contribution in [2.45, 2.75) is 19.8 Å². The summed E-state index contributed by atoms with van der Waals surface area (Å²) in [6, 6.07) is 7.04. The van der Waals surface area contributed by atoms with Gasteiger partial charge < -0.3 is 15.0 Å². The first kappa shape index (κ1) is 20.4. The summed E-state index contributed by atoms with van der Waals surface area (Å²) >= 11 is 0. The minimum absolute atomic E-state index is 0. The third-order valence-electron chi connectivity index (χ3n) is 3.19. The second-order valence-corrected chi connectivity index (χ2v) is 4.95. The van der Waals surface area contributed by atoms with E-state index in [0.717, 1.165) is 12.3 Å². The largest absolute Gasteiger partial charge is 0.494 e. The van der Waals surface area contributed by atoms with Crippen LogP contribution in [0.2, 0.25) is 0 Å². The fourth-order valence-corrected chi connectivity index (χ4v) is 1.79. The monoisotopic (exact) mass is 328 g/mol. The first-order valence-electron chi connectivity index (χ1n) is 7.17. The number of hydrogen-bond acceptors (Lipinski definition) is 4. The summed E-state index contributed by atoms with van der Waals surface area (Å²) in [5, 5.41) is 3.01. The molecule has 1 rings (SSSR count). The zero-order chi connectivity index (χ0) is 15.7. The number of hydrogen-bond donors (Lipinski definition) is 1. The van der Waals surface area contributed by atoms with Gasteiger partial charge in [-0.15, -0.1) is 12.4 Å². The van der Waals surface area contributed by atoms with Crippen LogP contribution in [0.3, 0.4) is 0 Å². The lowest BCUT2D eigenvalue weighted by Gasteiger charge is -2.16. The molecule has 0 aliphatic rings. The minimum atomic E-state index is 0. The van der Waals surface area contributed by atoms with Gasteiger partial charge in [-0.3, -0.25) is 9.59 Å². The normalized spacial score (nSPS) is 9.77. The van der Waals surface area contributed by atoms with Crippen molar-refractivity contribution in [3.8, 4) is 5.75 Å². The standard InChI is InChI=1S/C16H24N2O3.ClH/c1-13(19)14-6-8-15(9-7-14)21-12-4-5-16(20)18(3)11-10-17-2;/h6-9,17H,4-5,10-12H2,1-3H3;1H. The van der Waals surface area contributed by atoms with Gasteiger partial charge in [0.2, 0.25) is 5.91 Å². The number of benzene rings is 1. The van der Waals surface area contributed by atoms with Crippen molar-refractivity contribution in [1.29, 1.82) is 0 Å². The van der Waals surface area contributed by atoms with Crippen LogP contribution in [0.5, 0.6) is 5.75 Å². The molecule has 0 atom stereocenters. The minimum Gasteiger partial charge on any atom is -0.494 e. The molecule has 0 aromatic heterocycles. The molecule has 0 unspecified atom stereocenters. The van der Waals surface area contributed by atoms with Crippen molar-refractivity contribution in [3.05, 3.63) is 29.8 Å². The van der Waals surface area contributed by atoms with E-state index in [2.05, 4.69) is 5.32 Å². The van der Waals surface area contributed by atoms with Crippen LogP contribution in [0.4, 0.5) is 0 Å². The molecule has 22 heavy (non-hydrogen) atoms. The van der Waals surface area contributed by atoms with E-state index in [1.807, 2.05) is 7.05 Å². The average Bonchev–Trinajstić information content (AvgIpc) is 2.49. The molecular weight excluding hydrogens is 304 g/mol. The molecule has 1 aromatic rings. The molecular formula is C16H25ClN2O3. The van der Waals surface area contributed by atoms with Gasteiger partial charge in [-0.1, -0.05) is 0 Å². The van der Waals surface area contributed by atoms with Gasteiger partial charge in [-0.25, -0.2) is 0 Å². The molecule has 0 bridgehead atoms. The Kier molecular flexibility index (Phi) is 10.2. The summed E-state index contributed by atoms with van der Waals surface area (Å²) in [5.74, 6) is 0.883.